The molecule has 1 N–H and O–H groups in total. The van der Waals surface area contributed by atoms with Crippen molar-refractivity contribution in [2.24, 2.45) is 0 Å². The van der Waals surface area contributed by atoms with Crippen LogP contribution in [0.3, 0.4) is 0 Å². The predicted molar refractivity (Wildman–Crippen MR) is 90.4 cm³/mol. The van der Waals surface area contributed by atoms with Crippen molar-refractivity contribution in [1.82, 2.24) is 4.72 Å². The van der Waals surface area contributed by atoms with E-state index in [1.165, 1.54) is 23.8 Å². The molecule has 2 aromatic carbocycles. The van der Waals surface area contributed by atoms with Crippen molar-refractivity contribution < 1.29 is 40.4 Å². The Morgan fingerprint density at radius 1 is 1.24 bits per heavy atom. The number of benzene rings is 2. The standard InChI is InChI=1S/C16H12F4N2O6S/c1-9-6-10(13(7-11(9)17)28-8-16(18,19)20)15(23)21-29(26,27)14-5-3-2-4-12(14)22(24)25/h2-7H,8H2,1H3,(H,21,23). The summed E-state index contributed by atoms with van der Waals surface area (Å²) in [5.41, 5.74) is -1.69. The van der Waals surface area contributed by atoms with Gasteiger partial charge in [-0.1, -0.05) is 12.1 Å². The Balaban J connectivity index is 2.42. The van der Waals surface area contributed by atoms with Crippen LogP contribution in [-0.4, -0.2) is 32.0 Å². The zero-order chi connectivity index (χ0) is 22.0. The largest absolute Gasteiger partial charge is 0.483 e. The number of hydrogen-bond donors (Lipinski definition) is 1. The summed E-state index contributed by atoms with van der Waals surface area (Å²) in [6, 6.07) is 5.43. The fraction of sp³-hybridized carbons (Fsp3) is 0.188. The molecule has 0 heterocycles. The van der Waals surface area contributed by atoms with Crippen LogP contribution in [0.5, 0.6) is 5.75 Å². The van der Waals surface area contributed by atoms with Crippen LogP contribution in [0.15, 0.2) is 41.3 Å². The molecule has 0 unspecified atom stereocenters. The molecule has 0 bridgehead atoms. The average Bonchev–Trinajstić information content (AvgIpc) is 2.61. The van der Waals surface area contributed by atoms with E-state index >= 15 is 0 Å². The number of hydrogen-bond acceptors (Lipinski definition) is 6. The van der Waals surface area contributed by atoms with Gasteiger partial charge in [0.1, 0.15) is 11.6 Å². The van der Waals surface area contributed by atoms with E-state index in [2.05, 4.69) is 4.74 Å². The number of nitro benzene ring substituents is 1. The number of carbonyl (C=O) groups is 1. The third-order valence-electron chi connectivity index (χ3n) is 3.48. The number of ether oxygens (including phenoxy) is 1. The van der Waals surface area contributed by atoms with Gasteiger partial charge in [-0.25, -0.2) is 17.5 Å². The first-order valence-electron chi connectivity index (χ1n) is 7.62. The van der Waals surface area contributed by atoms with Crippen LogP contribution >= 0.6 is 0 Å². The van der Waals surface area contributed by atoms with Crippen LogP contribution < -0.4 is 9.46 Å². The monoisotopic (exact) mass is 436 g/mol. The molecular formula is C16H12F4N2O6S. The third kappa shape index (κ3) is 5.40. The summed E-state index contributed by atoms with van der Waals surface area (Å²) in [6.07, 6.45) is -4.80. The minimum absolute atomic E-state index is 0.169. The van der Waals surface area contributed by atoms with Crippen LogP contribution in [0.25, 0.3) is 0 Å². The number of aryl methyl sites for hydroxylation is 1. The number of alkyl halides is 3. The van der Waals surface area contributed by atoms with Crippen molar-refractivity contribution in [1.29, 1.82) is 0 Å². The van der Waals surface area contributed by atoms with Crippen LogP contribution in [0.2, 0.25) is 0 Å². The molecule has 8 nitrogen and oxygen atoms in total. The molecule has 0 atom stereocenters. The fourth-order valence-corrected chi connectivity index (χ4v) is 3.33. The van der Waals surface area contributed by atoms with Gasteiger partial charge in [-0.15, -0.1) is 0 Å². The van der Waals surface area contributed by atoms with Crippen molar-refractivity contribution in [3.05, 3.63) is 63.5 Å². The highest BCUT2D eigenvalue weighted by Gasteiger charge is 2.31. The van der Waals surface area contributed by atoms with Gasteiger partial charge in [0.05, 0.1) is 10.5 Å². The van der Waals surface area contributed by atoms with Gasteiger partial charge in [-0.05, 0) is 24.6 Å². The van der Waals surface area contributed by atoms with Crippen LogP contribution in [0.4, 0.5) is 23.2 Å². The summed E-state index contributed by atoms with van der Waals surface area (Å²) in [5, 5.41) is 11.0. The number of nitrogens with zero attached hydrogens (tertiary/aromatic N) is 1. The molecule has 13 heteroatoms. The molecule has 2 aromatic rings. The molecule has 0 saturated carbocycles. The number of sulfonamides is 1. The maximum absolute atomic E-state index is 13.7. The Morgan fingerprint density at radius 2 is 1.86 bits per heavy atom. The number of halogens is 4. The lowest BCUT2D eigenvalue weighted by Gasteiger charge is -2.14. The summed E-state index contributed by atoms with van der Waals surface area (Å²) >= 11 is 0. The van der Waals surface area contributed by atoms with Gasteiger partial charge in [-0.2, -0.15) is 13.2 Å². The highest BCUT2D eigenvalue weighted by Crippen LogP contribution is 2.27. The average molecular weight is 436 g/mol. The molecule has 0 fully saturated rings. The molecule has 0 aliphatic rings. The lowest BCUT2D eigenvalue weighted by atomic mass is 10.1. The lowest BCUT2D eigenvalue weighted by Crippen LogP contribution is -2.32. The Kier molecular flexibility index (Phi) is 6.11. The minimum Gasteiger partial charge on any atom is -0.483 e. The van der Waals surface area contributed by atoms with Gasteiger partial charge < -0.3 is 4.74 Å². The van der Waals surface area contributed by atoms with Crippen LogP contribution in [0, 0.1) is 22.9 Å². The van der Waals surface area contributed by atoms with E-state index in [0.717, 1.165) is 18.2 Å². The number of nitrogens with one attached hydrogen (secondary N) is 1. The molecule has 0 spiro atoms. The van der Waals surface area contributed by atoms with Gasteiger partial charge in [0.15, 0.2) is 11.5 Å². The number of nitro groups is 1. The molecule has 0 saturated heterocycles. The molecule has 0 aromatic heterocycles. The second-order valence-corrected chi connectivity index (χ2v) is 7.31. The number of amides is 1. The molecular weight excluding hydrogens is 424 g/mol. The van der Waals surface area contributed by atoms with Crippen molar-refractivity contribution >= 4 is 21.6 Å². The lowest BCUT2D eigenvalue weighted by molar-refractivity contribution is -0.387. The number of para-hydroxylation sites is 1. The first-order chi connectivity index (χ1) is 13.3. The van der Waals surface area contributed by atoms with Crippen molar-refractivity contribution in [2.45, 2.75) is 18.0 Å². The number of rotatable bonds is 6. The van der Waals surface area contributed by atoms with Crippen LogP contribution in [0.1, 0.15) is 15.9 Å². The predicted octanol–water partition coefficient (Wildman–Crippen LogP) is 3.10. The maximum atomic E-state index is 13.7. The van der Waals surface area contributed by atoms with Gasteiger partial charge in [0.2, 0.25) is 0 Å². The minimum atomic E-state index is -4.80. The van der Waals surface area contributed by atoms with E-state index in [1.54, 1.807) is 0 Å². The van der Waals surface area contributed by atoms with Crippen molar-refractivity contribution in [3.8, 4) is 5.75 Å². The molecule has 29 heavy (non-hydrogen) atoms. The first kappa shape index (κ1) is 22.1. The Hall–Kier alpha value is -3.22. The summed E-state index contributed by atoms with van der Waals surface area (Å²) in [5.74, 6) is -3.29. The van der Waals surface area contributed by atoms with E-state index in [-0.39, 0.29) is 5.56 Å². The highest BCUT2D eigenvalue weighted by atomic mass is 32.2. The van der Waals surface area contributed by atoms with Gasteiger partial charge in [-0.3, -0.25) is 14.9 Å². The number of carbonyl (C=O) groups excluding carboxylic acids is 1. The molecule has 1 amide bonds. The van der Waals surface area contributed by atoms with Crippen molar-refractivity contribution in [2.75, 3.05) is 6.61 Å². The smallest absolute Gasteiger partial charge is 0.422 e. The highest BCUT2D eigenvalue weighted by molar-refractivity contribution is 7.90. The summed E-state index contributed by atoms with van der Waals surface area (Å²) in [4.78, 5) is 21.6. The quantitative estimate of drug-likeness (QED) is 0.423. The molecule has 0 aliphatic carbocycles. The second kappa shape index (κ2) is 8.03. The van der Waals surface area contributed by atoms with E-state index in [4.69, 9.17) is 0 Å². The summed E-state index contributed by atoms with van der Waals surface area (Å²) in [6.45, 7) is -0.664. The Bertz CT molecular complexity index is 1070. The van der Waals surface area contributed by atoms with E-state index in [1.807, 2.05) is 0 Å². The second-order valence-electron chi connectivity index (χ2n) is 5.66. The zero-order valence-corrected chi connectivity index (χ0v) is 15.3. The maximum Gasteiger partial charge on any atom is 0.422 e. The van der Waals surface area contributed by atoms with Crippen LogP contribution in [-0.2, 0) is 10.0 Å². The Labute approximate surface area is 161 Å². The fourth-order valence-electron chi connectivity index (χ4n) is 2.19. The summed E-state index contributed by atoms with van der Waals surface area (Å²) in [7, 11) is -4.78. The first-order valence-corrected chi connectivity index (χ1v) is 9.10. The zero-order valence-electron chi connectivity index (χ0n) is 14.5. The van der Waals surface area contributed by atoms with Crippen molar-refractivity contribution in [3.63, 3.8) is 0 Å². The topological polar surface area (TPSA) is 116 Å². The molecule has 0 radical (unpaired) electrons. The molecule has 0 aliphatic heterocycles. The summed E-state index contributed by atoms with van der Waals surface area (Å²) < 4.78 is 81.6. The molecule has 156 valence electrons. The van der Waals surface area contributed by atoms with E-state index in [9.17, 15) is 40.9 Å². The Morgan fingerprint density at radius 3 is 2.45 bits per heavy atom. The van der Waals surface area contributed by atoms with Gasteiger partial charge >= 0.3 is 6.18 Å². The normalized spacial score (nSPS) is 11.8. The van der Waals surface area contributed by atoms with Gasteiger partial charge in [0.25, 0.3) is 21.6 Å². The third-order valence-corrected chi connectivity index (χ3v) is 4.85. The van der Waals surface area contributed by atoms with E-state index in [0.29, 0.717) is 6.07 Å². The van der Waals surface area contributed by atoms with E-state index < -0.39 is 61.4 Å². The van der Waals surface area contributed by atoms with Gasteiger partial charge in [0, 0.05) is 12.1 Å². The SMILES string of the molecule is Cc1cc(C(=O)NS(=O)(=O)c2ccccc2[N+](=O)[O-])c(OCC(F)(F)F)cc1F. The molecule has 2 rings (SSSR count).